The standard InChI is InChI=1S/C16H25NO/c1-18-15-8-6-7-14(11-15)12-16(13-17)9-4-2-3-5-10-16/h6-8,11H,2-5,9-10,12-13,17H2,1H3. The summed E-state index contributed by atoms with van der Waals surface area (Å²) in [5, 5.41) is 0. The highest BCUT2D eigenvalue weighted by Gasteiger charge is 2.29. The number of hydrogen-bond donors (Lipinski definition) is 1. The van der Waals surface area contributed by atoms with Gasteiger partial charge in [-0.15, -0.1) is 0 Å². The molecule has 2 rings (SSSR count). The first-order valence-electron chi connectivity index (χ1n) is 7.11. The fraction of sp³-hybridized carbons (Fsp3) is 0.625. The molecule has 0 heterocycles. The van der Waals surface area contributed by atoms with Crippen molar-refractivity contribution in [1.82, 2.24) is 0 Å². The first-order chi connectivity index (χ1) is 8.78. The Morgan fingerprint density at radius 2 is 1.89 bits per heavy atom. The number of methoxy groups -OCH3 is 1. The molecule has 100 valence electrons. The molecular weight excluding hydrogens is 222 g/mol. The second-order valence-corrected chi connectivity index (χ2v) is 5.65. The van der Waals surface area contributed by atoms with Crippen LogP contribution in [0.4, 0.5) is 0 Å². The SMILES string of the molecule is COc1cccc(CC2(CN)CCCCCC2)c1. The van der Waals surface area contributed by atoms with E-state index in [-0.39, 0.29) is 0 Å². The van der Waals surface area contributed by atoms with Crippen LogP contribution in [0.5, 0.6) is 5.75 Å². The van der Waals surface area contributed by atoms with Gasteiger partial charge < -0.3 is 10.5 Å². The van der Waals surface area contributed by atoms with Gasteiger partial charge >= 0.3 is 0 Å². The van der Waals surface area contributed by atoms with Crippen molar-refractivity contribution < 1.29 is 4.74 Å². The number of hydrogen-bond acceptors (Lipinski definition) is 2. The Kier molecular flexibility index (Phi) is 4.65. The smallest absolute Gasteiger partial charge is 0.119 e. The van der Waals surface area contributed by atoms with Gasteiger partial charge in [0.05, 0.1) is 7.11 Å². The van der Waals surface area contributed by atoms with Gasteiger partial charge in [0.25, 0.3) is 0 Å². The number of ether oxygens (including phenoxy) is 1. The van der Waals surface area contributed by atoms with Crippen molar-refractivity contribution >= 4 is 0 Å². The van der Waals surface area contributed by atoms with Gasteiger partial charge in [-0.25, -0.2) is 0 Å². The van der Waals surface area contributed by atoms with Crippen molar-refractivity contribution in [2.75, 3.05) is 13.7 Å². The quantitative estimate of drug-likeness (QED) is 0.826. The minimum absolute atomic E-state index is 0.322. The van der Waals surface area contributed by atoms with Crippen LogP contribution in [0.15, 0.2) is 24.3 Å². The zero-order valence-corrected chi connectivity index (χ0v) is 11.5. The van der Waals surface area contributed by atoms with Crippen molar-refractivity contribution in [3.63, 3.8) is 0 Å². The van der Waals surface area contributed by atoms with Crippen LogP contribution in [0.3, 0.4) is 0 Å². The van der Waals surface area contributed by atoms with E-state index in [1.54, 1.807) is 7.11 Å². The van der Waals surface area contributed by atoms with Gasteiger partial charge in [-0.3, -0.25) is 0 Å². The van der Waals surface area contributed by atoms with E-state index in [2.05, 4.69) is 18.2 Å². The molecular formula is C16H25NO. The topological polar surface area (TPSA) is 35.2 Å². The normalized spacial score (nSPS) is 19.2. The Hall–Kier alpha value is -1.02. The summed E-state index contributed by atoms with van der Waals surface area (Å²) in [6.45, 7) is 0.810. The predicted molar refractivity (Wildman–Crippen MR) is 75.9 cm³/mol. The summed E-state index contributed by atoms with van der Waals surface area (Å²) in [4.78, 5) is 0. The Balaban J connectivity index is 2.12. The third-order valence-corrected chi connectivity index (χ3v) is 4.31. The summed E-state index contributed by atoms with van der Waals surface area (Å²) in [7, 11) is 1.73. The van der Waals surface area contributed by atoms with Crippen LogP contribution >= 0.6 is 0 Å². The summed E-state index contributed by atoms with van der Waals surface area (Å²) >= 11 is 0. The zero-order valence-electron chi connectivity index (χ0n) is 11.5. The molecule has 0 atom stereocenters. The van der Waals surface area contributed by atoms with E-state index in [0.29, 0.717) is 5.41 Å². The highest BCUT2D eigenvalue weighted by Crippen LogP contribution is 2.37. The summed E-state index contributed by atoms with van der Waals surface area (Å²) in [5.74, 6) is 0.952. The average molecular weight is 247 g/mol. The van der Waals surface area contributed by atoms with Gasteiger partial charge in [0.1, 0.15) is 5.75 Å². The van der Waals surface area contributed by atoms with E-state index in [1.807, 2.05) is 6.07 Å². The van der Waals surface area contributed by atoms with E-state index in [1.165, 1.54) is 44.1 Å². The maximum Gasteiger partial charge on any atom is 0.119 e. The van der Waals surface area contributed by atoms with Gasteiger partial charge in [0.15, 0.2) is 0 Å². The molecule has 18 heavy (non-hydrogen) atoms. The van der Waals surface area contributed by atoms with E-state index in [0.717, 1.165) is 18.7 Å². The molecule has 0 spiro atoms. The molecule has 0 bridgehead atoms. The molecule has 2 N–H and O–H groups in total. The minimum atomic E-state index is 0.322. The van der Waals surface area contributed by atoms with E-state index in [9.17, 15) is 0 Å². The second-order valence-electron chi connectivity index (χ2n) is 5.65. The van der Waals surface area contributed by atoms with Gasteiger partial charge in [0.2, 0.25) is 0 Å². The fourth-order valence-electron chi connectivity index (χ4n) is 3.15. The largest absolute Gasteiger partial charge is 0.497 e. The van der Waals surface area contributed by atoms with E-state index < -0.39 is 0 Å². The lowest BCUT2D eigenvalue weighted by Crippen LogP contribution is -2.32. The third-order valence-electron chi connectivity index (χ3n) is 4.31. The van der Waals surface area contributed by atoms with Crippen molar-refractivity contribution in [2.45, 2.75) is 44.9 Å². The molecule has 2 heteroatoms. The zero-order chi connectivity index (χ0) is 12.8. The average Bonchev–Trinajstić information content (AvgIpc) is 2.65. The highest BCUT2D eigenvalue weighted by atomic mass is 16.5. The van der Waals surface area contributed by atoms with E-state index in [4.69, 9.17) is 10.5 Å². The molecule has 0 saturated heterocycles. The van der Waals surface area contributed by atoms with Crippen molar-refractivity contribution in [3.8, 4) is 5.75 Å². The fourth-order valence-corrected chi connectivity index (χ4v) is 3.15. The Bertz CT molecular complexity index is 367. The van der Waals surface area contributed by atoms with Gasteiger partial charge in [-0.2, -0.15) is 0 Å². The first kappa shape index (κ1) is 13.4. The summed E-state index contributed by atoms with van der Waals surface area (Å²) in [6.07, 6.45) is 9.07. The van der Waals surface area contributed by atoms with Crippen molar-refractivity contribution in [2.24, 2.45) is 11.1 Å². The first-order valence-corrected chi connectivity index (χ1v) is 7.11. The van der Waals surface area contributed by atoms with Crippen LogP contribution in [0.1, 0.15) is 44.1 Å². The molecule has 1 saturated carbocycles. The van der Waals surface area contributed by atoms with Crippen LogP contribution < -0.4 is 10.5 Å². The Morgan fingerprint density at radius 1 is 1.17 bits per heavy atom. The third kappa shape index (κ3) is 3.26. The minimum Gasteiger partial charge on any atom is -0.497 e. The Morgan fingerprint density at radius 3 is 2.50 bits per heavy atom. The molecule has 1 aromatic rings. The van der Waals surface area contributed by atoms with Crippen LogP contribution in [0.25, 0.3) is 0 Å². The number of rotatable bonds is 4. The number of nitrogens with two attached hydrogens (primary N) is 1. The molecule has 0 aromatic heterocycles. The van der Waals surface area contributed by atoms with Crippen LogP contribution in [-0.2, 0) is 6.42 Å². The van der Waals surface area contributed by atoms with Gasteiger partial charge in [-0.05, 0) is 48.9 Å². The predicted octanol–water partition coefficient (Wildman–Crippen LogP) is 3.54. The number of benzene rings is 1. The molecule has 2 nitrogen and oxygen atoms in total. The van der Waals surface area contributed by atoms with Crippen LogP contribution in [0, 0.1) is 5.41 Å². The van der Waals surface area contributed by atoms with Crippen molar-refractivity contribution in [1.29, 1.82) is 0 Å². The lowest BCUT2D eigenvalue weighted by molar-refractivity contribution is 0.252. The summed E-state index contributed by atoms with van der Waals surface area (Å²) < 4.78 is 5.30. The molecule has 0 amide bonds. The van der Waals surface area contributed by atoms with Gasteiger partial charge in [-0.1, -0.05) is 37.8 Å². The molecule has 1 aliphatic carbocycles. The van der Waals surface area contributed by atoms with Gasteiger partial charge in [0, 0.05) is 0 Å². The molecule has 1 aliphatic rings. The lowest BCUT2D eigenvalue weighted by atomic mass is 9.75. The monoisotopic (exact) mass is 247 g/mol. The van der Waals surface area contributed by atoms with Crippen LogP contribution in [0.2, 0.25) is 0 Å². The Labute approximate surface area is 111 Å². The maximum absolute atomic E-state index is 6.09. The summed E-state index contributed by atoms with van der Waals surface area (Å²) in [5.41, 5.74) is 7.78. The summed E-state index contributed by atoms with van der Waals surface area (Å²) in [6, 6.07) is 8.44. The van der Waals surface area contributed by atoms with Crippen LogP contribution in [-0.4, -0.2) is 13.7 Å². The molecule has 1 fully saturated rings. The molecule has 0 aliphatic heterocycles. The second kappa shape index (κ2) is 6.24. The molecule has 0 radical (unpaired) electrons. The van der Waals surface area contributed by atoms with Crippen molar-refractivity contribution in [3.05, 3.63) is 29.8 Å². The maximum atomic E-state index is 6.09. The van der Waals surface area contributed by atoms with E-state index >= 15 is 0 Å². The molecule has 1 aromatic carbocycles. The molecule has 0 unspecified atom stereocenters. The lowest BCUT2D eigenvalue weighted by Gasteiger charge is -2.31. The highest BCUT2D eigenvalue weighted by molar-refractivity contribution is 5.29.